The summed E-state index contributed by atoms with van der Waals surface area (Å²) in [6.45, 7) is 2.35. The first kappa shape index (κ1) is 11.4. The van der Waals surface area contributed by atoms with E-state index in [-0.39, 0.29) is 0 Å². The molecule has 1 aliphatic carbocycles. The van der Waals surface area contributed by atoms with E-state index < -0.39 is 0 Å². The normalized spacial score (nSPS) is 16.6. The van der Waals surface area contributed by atoms with E-state index in [9.17, 15) is 5.26 Å². The lowest BCUT2D eigenvalue weighted by atomic mass is 10.1. The largest absolute Gasteiger partial charge is 0.346 e. The van der Waals surface area contributed by atoms with Crippen molar-refractivity contribution in [2.45, 2.75) is 32.4 Å². The van der Waals surface area contributed by atoms with Crippen LogP contribution in [0.2, 0.25) is 0 Å². The van der Waals surface area contributed by atoms with E-state index in [1.54, 1.807) is 6.33 Å². The Balaban J connectivity index is 1.74. The second-order valence-corrected chi connectivity index (χ2v) is 5.29. The van der Waals surface area contributed by atoms with Gasteiger partial charge in [0.15, 0.2) is 5.82 Å². The molecule has 0 aromatic carbocycles. The lowest BCUT2D eigenvalue weighted by Crippen LogP contribution is -2.34. The maximum Gasteiger partial charge on any atom is 0.152 e. The molecule has 1 aliphatic heterocycles. The first-order valence-electron chi connectivity index (χ1n) is 6.89. The average molecular weight is 266 g/mol. The Labute approximate surface area is 116 Å². The third-order valence-corrected chi connectivity index (χ3v) is 4.09. The van der Waals surface area contributed by atoms with Crippen LogP contribution >= 0.6 is 0 Å². The summed E-state index contributed by atoms with van der Waals surface area (Å²) in [6.07, 6.45) is 4.97. The van der Waals surface area contributed by atoms with Crippen LogP contribution in [0.25, 0.3) is 0 Å². The van der Waals surface area contributed by atoms with Gasteiger partial charge in [0.25, 0.3) is 0 Å². The smallest absolute Gasteiger partial charge is 0.152 e. The Morgan fingerprint density at radius 3 is 3.10 bits per heavy atom. The standard InChI is InChI=1S/C14H14N6/c15-7-11-6-10-2-1-3-12(10)17-14(11)19-4-5-20-9-16-18-13(20)8-19/h6,9H,1-5,8H2. The molecule has 0 spiro atoms. The molecule has 0 fully saturated rings. The Hall–Kier alpha value is -2.42. The van der Waals surface area contributed by atoms with Crippen molar-refractivity contribution in [2.75, 3.05) is 11.4 Å². The second kappa shape index (κ2) is 4.30. The van der Waals surface area contributed by atoms with Crippen LogP contribution in [0.4, 0.5) is 5.82 Å². The van der Waals surface area contributed by atoms with Gasteiger partial charge in [-0.3, -0.25) is 0 Å². The van der Waals surface area contributed by atoms with Gasteiger partial charge in [0.2, 0.25) is 0 Å². The van der Waals surface area contributed by atoms with Crippen molar-refractivity contribution in [2.24, 2.45) is 0 Å². The number of nitrogens with zero attached hydrogens (tertiary/aromatic N) is 6. The van der Waals surface area contributed by atoms with Gasteiger partial charge < -0.3 is 9.47 Å². The summed E-state index contributed by atoms with van der Waals surface area (Å²) in [4.78, 5) is 6.89. The molecule has 6 nitrogen and oxygen atoms in total. The van der Waals surface area contributed by atoms with Crippen molar-refractivity contribution >= 4 is 5.82 Å². The summed E-state index contributed by atoms with van der Waals surface area (Å²) in [5.74, 6) is 1.74. The van der Waals surface area contributed by atoms with Crippen LogP contribution in [-0.4, -0.2) is 26.3 Å². The third kappa shape index (κ3) is 1.67. The zero-order valence-corrected chi connectivity index (χ0v) is 11.1. The monoisotopic (exact) mass is 266 g/mol. The van der Waals surface area contributed by atoms with Crippen molar-refractivity contribution < 1.29 is 0 Å². The fraction of sp³-hybridized carbons (Fsp3) is 0.429. The summed E-state index contributed by atoms with van der Waals surface area (Å²) in [5, 5.41) is 17.4. The van der Waals surface area contributed by atoms with Gasteiger partial charge in [-0.2, -0.15) is 5.26 Å². The predicted molar refractivity (Wildman–Crippen MR) is 72.0 cm³/mol. The number of anilines is 1. The number of fused-ring (bicyclic) bond motifs is 2. The Kier molecular flexibility index (Phi) is 2.46. The minimum Gasteiger partial charge on any atom is -0.346 e. The summed E-state index contributed by atoms with van der Waals surface area (Å²) in [6, 6.07) is 4.31. The van der Waals surface area contributed by atoms with E-state index in [0.717, 1.165) is 49.7 Å². The van der Waals surface area contributed by atoms with Crippen molar-refractivity contribution in [3.63, 3.8) is 0 Å². The zero-order valence-electron chi connectivity index (χ0n) is 11.1. The first-order chi connectivity index (χ1) is 9.85. The third-order valence-electron chi connectivity index (χ3n) is 4.09. The lowest BCUT2D eigenvalue weighted by Gasteiger charge is -2.29. The van der Waals surface area contributed by atoms with Gasteiger partial charge in [-0.1, -0.05) is 0 Å². The maximum absolute atomic E-state index is 9.39. The second-order valence-electron chi connectivity index (χ2n) is 5.29. The molecule has 0 radical (unpaired) electrons. The number of aryl methyl sites for hydroxylation is 2. The van der Waals surface area contributed by atoms with Crippen LogP contribution in [0.15, 0.2) is 12.4 Å². The Morgan fingerprint density at radius 1 is 1.25 bits per heavy atom. The first-order valence-corrected chi connectivity index (χ1v) is 6.89. The van der Waals surface area contributed by atoms with Gasteiger partial charge >= 0.3 is 0 Å². The molecular formula is C14H14N6. The molecule has 100 valence electrons. The number of hydrogen-bond acceptors (Lipinski definition) is 5. The Morgan fingerprint density at radius 2 is 2.20 bits per heavy atom. The number of aromatic nitrogens is 4. The van der Waals surface area contributed by atoms with Crippen molar-refractivity contribution in [3.8, 4) is 6.07 Å². The van der Waals surface area contributed by atoms with Crippen LogP contribution in [0.5, 0.6) is 0 Å². The fourth-order valence-electron chi connectivity index (χ4n) is 3.03. The van der Waals surface area contributed by atoms with Crippen LogP contribution < -0.4 is 4.90 Å². The number of nitriles is 1. The number of pyridine rings is 1. The molecule has 2 aliphatic rings. The molecule has 20 heavy (non-hydrogen) atoms. The van der Waals surface area contributed by atoms with Crippen LogP contribution in [0.1, 0.15) is 29.1 Å². The maximum atomic E-state index is 9.39. The molecule has 0 bridgehead atoms. The highest BCUT2D eigenvalue weighted by atomic mass is 15.3. The minimum absolute atomic E-state index is 0.667. The molecule has 2 aromatic heterocycles. The van der Waals surface area contributed by atoms with Crippen LogP contribution in [0, 0.1) is 11.3 Å². The van der Waals surface area contributed by atoms with Crippen molar-refractivity contribution in [3.05, 3.63) is 35.0 Å². The molecule has 0 saturated carbocycles. The van der Waals surface area contributed by atoms with E-state index in [4.69, 9.17) is 4.98 Å². The van der Waals surface area contributed by atoms with E-state index in [1.165, 1.54) is 5.56 Å². The molecule has 0 amide bonds. The Bertz CT molecular complexity index is 711. The van der Waals surface area contributed by atoms with Crippen LogP contribution in [0.3, 0.4) is 0 Å². The van der Waals surface area contributed by atoms with E-state index in [0.29, 0.717) is 12.1 Å². The highest BCUT2D eigenvalue weighted by Crippen LogP contribution is 2.28. The fourth-order valence-corrected chi connectivity index (χ4v) is 3.03. The van der Waals surface area contributed by atoms with Gasteiger partial charge in [-0.05, 0) is 30.9 Å². The van der Waals surface area contributed by atoms with Gasteiger partial charge in [0.1, 0.15) is 18.2 Å². The average Bonchev–Trinajstić information content (AvgIpc) is 3.13. The van der Waals surface area contributed by atoms with Crippen molar-refractivity contribution in [1.82, 2.24) is 19.7 Å². The van der Waals surface area contributed by atoms with E-state index >= 15 is 0 Å². The lowest BCUT2D eigenvalue weighted by molar-refractivity contribution is 0.555. The molecule has 0 N–H and O–H groups in total. The zero-order chi connectivity index (χ0) is 13.5. The molecule has 4 rings (SSSR count). The quantitative estimate of drug-likeness (QED) is 0.771. The van der Waals surface area contributed by atoms with Crippen LogP contribution in [-0.2, 0) is 25.9 Å². The predicted octanol–water partition coefficient (Wildman–Crippen LogP) is 1.05. The molecule has 0 unspecified atom stereocenters. The summed E-state index contributed by atoms with van der Waals surface area (Å²) < 4.78 is 2.05. The van der Waals surface area contributed by atoms with Gasteiger partial charge in [0, 0.05) is 18.8 Å². The topological polar surface area (TPSA) is 70.6 Å². The number of hydrogen-bond donors (Lipinski definition) is 0. The molecule has 3 heterocycles. The summed E-state index contributed by atoms with van der Waals surface area (Å²) in [7, 11) is 0. The van der Waals surface area contributed by atoms with E-state index in [2.05, 4.69) is 25.7 Å². The summed E-state index contributed by atoms with van der Waals surface area (Å²) >= 11 is 0. The molecule has 0 atom stereocenters. The van der Waals surface area contributed by atoms with Gasteiger partial charge in [-0.15, -0.1) is 10.2 Å². The molecule has 2 aromatic rings. The van der Waals surface area contributed by atoms with Gasteiger partial charge in [-0.25, -0.2) is 4.98 Å². The van der Waals surface area contributed by atoms with E-state index in [1.807, 2.05) is 6.07 Å². The SMILES string of the molecule is N#Cc1cc2c(nc1N1CCn3cnnc3C1)CCC2. The highest BCUT2D eigenvalue weighted by molar-refractivity contribution is 5.57. The van der Waals surface area contributed by atoms with Crippen molar-refractivity contribution in [1.29, 1.82) is 5.26 Å². The minimum atomic E-state index is 0.667. The highest BCUT2D eigenvalue weighted by Gasteiger charge is 2.23. The summed E-state index contributed by atoms with van der Waals surface area (Å²) in [5.41, 5.74) is 3.08. The number of rotatable bonds is 1. The molecule has 0 saturated heterocycles. The molecular weight excluding hydrogens is 252 g/mol. The van der Waals surface area contributed by atoms with Gasteiger partial charge in [0.05, 0.1) is 12.1 Å². The molecule has 6 heteroatoms.